The van der Waals surface area contributed by atoms with Crippen LogP contribution in [0.3, 0.4) is 0 Å². The molecule has 3 aromatic carbocycles. The normalized spacial score (nSPS) is 14.4. The van der Waals surface area contributed by atoms with Crippen molar-refractivity contribution in [2.24, 2.45) is 0 Å². The first kappa shape index (κ1) is 24.8. The number of carbonyl (C=O) groups excluding carboxylic acids is 1. The topological polar surface area (TPSA) is 99.5 Å². The highest BCUT2D eigenvalue weighted by atomic mass is 19.1. The van der Waals surface area contributed by atoms with Crippen molar-refractivity contribution in [2.45, 2.75) is 19.6 Å². The number of amides is 1. The smallest absolute Gasteiger partial charge is 0.255 e. The summed E-state index contributed by atoms with van der Waals surface area (Å²) in [6.07, 6.45) is 1.44. The molecule has 1 amide bonds. The Bertz CT molecular complexity index is 1480. The summed E-state index contributed by atoms with van der Waals surface area (Å²) < 4.78 is 31.4. The number of ether oxygens (including phenoxy) is 3. The van der Waals surface area contributed by atoms with Gasteiger partial charge in [-0.25, -0.2) is 9.07 Å². The third kappa shape index (κ3) is 5.01. The number of halogens is 1. The van der Waals surface area contributed by atoms with Crippen LogP contribution in [-0.2, 0) is 11.4 Å². The van der Waals surface area contributed by atoms with E-state index in [2.05, 4.69) is 20.7 Å². The van der Waals surface area contributed by atoms with Gasteiger partial charge in [-0.1, -0.05) is 24.3 Å². The summed E-state index contributed by atoms with van der Waals surface area (Å²) in [5, 5.41) is 10.5. The number of nitrogens with zero attached hydrogens (tertiary/aromatic N) is 3. The van der Waals surface area contributed by atoms with Gasteiger partial charge in [0.25, 0.3) is 5.91 Å². The number of allylic oxidation sites excluding steroid dienone is 1. The fourth-order valence-corrected chi connectivity index (χ4v) is 4.28. The van der Waals surface area contributed by atoms with Crippen molar-refractivity contribution in [3.8, 4) is 17.2 Å². The van der Waals surface area contributed by atoms with E-state index in [0.717, 1.165) is 11.1 Å². The van der Waals surface area contributed by atoms with E-state index in [1.165, 1.54) is 25.6 Å². The molecule has 0 bridgehead atoms. The number of carbonyl (C=O) groups is 1. The van der Waals surface area contributed by atoms with E-state index in [9.17, 15) is 9.18 Å². The second kappa shape index (κ2) is 10.6. The highest BCUT2D eigenvalue weighted by Gasteiger charge is 2.33. The number of benzene rings is 3. The van der Waals surface area contributed by atoms with Crippen molar-refractivity contribution >= 4 is 17.5 Å². The van der Waals surface area contributed by atoms with E-state index in [1.54, 1.807) is 42.1 Å². The van der Waals surface area contributed by atoms with E-state index in [0.29, 0.717) is 46.8 Å². The number of methoxy groups -OCH3 is 2. The molecule has 194 valence electrons. The number of anilines is 2. The standard InChI is InChI=1S/C28H26FN5O4/c1-17-25(27(35)33-23-13-12-22(36-2)14-24(23)37-3)26(34-28(32-17)30-16-31-34)19-6-10-21(11-7-19)38-15-18-4-8-20(29)9-5-18/h4-14,16,26H,15H2,1-3H3,(H,33,35)(H,30,31,32). The Labute approximate surface area is 218 Å². The van der Waals surface area contributed by atoms with E-state index in [1.807, 2.05) is 31.2 Å². The predicted octanol–water partition coefficient (Wildman–Crippen LogP) is 4.94. The van der Waals surface area contributed by atoms with Crippen LogP contribution in [0.5, 0.6) is 17.2 Å². The van der Waals surface area contributed by atoms with Gasteiger partial charge in [0.05, 0.1) is 25.5 Å². The van der Waals surface area contributed by atoms with Gasteiger partial charge >= 0.3 is 0 Å². The third-order valence-corrected chi connectivity index (χ3v) is 6.21. The molecular formula is C28H26FN5O4. The van der Waals surface area contributed by atoms with Gasteiger partial charge in [0.15, 0.2) is 0 Å². The molecule has 0 aliphatic carbocycles. The fraction of sp³-hybridized carbons (Fsp3) is 0.179. The minimum Gasteiger partial charge on any atom is -0.497 e. The number of fused-ring (bicyclic) bond motifs is 1. The molecule has 0 saturated heterocycles. The Morgan fingerprint density at radius 1 is 1.03 bits per heavy atom. The summed E-state index contributed by atoms with van der Waals surface area (Å²) in [5.41, 5.74) is 3.30. The van der Waals surface area contributed by atoms with Crippen molar-refractivity contribution in [3.05, 3.63) is 101 Å². The van der Waals surface area contributed by atoms with E-state index >= 15 is 0 Å². The number of nitrogens with one attached hydrogen (secondary N) is 2. The lowest BCUT2D eigenvalue weighted by Gasteiger charge is -2.29. The monoisotopic (exact) mass is 515 g/mol. The minimum absolute atomic E-state index is 0.291. The van der Waals surface area contributed by atoms with Crippen molar-refractivity contribution in [1.82, 2.24) is 14.8 Å². The van der Waals surface area contributed by atoms with Crippen LogP contribution in [0.2, 0.25) is 0 Å². The molecule has 0 fully saturated rings. The highest BCUT2D eigenvalue weighted by Crippen LogP contribution is 2.37. The fourth-order valence-electron chi connectivity index (χ4n) is 4.28. The van der Waals surface area contributed by atoms with Crippen LogP contribution < -0.4 is 24.8 Å². The second-order valence-electron chi connectivity index (χ2n) is 8.60. The Morgan fingerprint density at radius 3 is 2.47 bits per heavy atom. The van der Waals surface area contributed by atoms with E-state index in [4.69, 9.17) is 14.2 Å². The molecule has 0 spiro atoms. The van der Waals surface area contributed by atoms with E-state index < -0.39 is 6.04 Å². The molecule has 9 nitrogen and oxygen atoms in total. The summed E-state index contributed by atoms with van der Waals surface area (Å²) in [6, 6.07) is 18.2. The molecular weight excluding hydrogens is 489 g/mol. The van der Waals surface area contributed by atoms with Crippen molar-refractivity contribution < 1.29 is 23.4 Å². The number of hydrogen-bond donors (Lipinski definition) is 2. The maximum Gasteiger partial charge on any atom is 0.255 e. The molecule has 4 aromatic rings. The molecule has 5 rings (SSSR count). The van der Waals surface area contributed by atoms with Gasteiger partial charge in [0.2, 0.25) is 5.95 Å². The zero-order chi connectivity index (χ0) is 26.6. The minimum atomic E-state index is -0.538. The molecule has 38 heavy (non-hydrogen) atoms. The van der Waals surface area contributed by atoms with Crippen LogP contribution >= 0.6 is 0 Å². The quantitative estimate of drug-likeness (QED) is 0.343. The van der Waals surface area contributed by atoms with Gasteiger partial charge in [0, 0.05) is 11.8 Å². The van der Waals surface area contributed by atoms with E-state index in [-0.39, 0.29) is 11.7 Å². The van der Waals surface area contributed by atoms with Crippen molar-refractivity contribution in [3.63, 3.8) is 0 Å². The Balaban J connectivity index is 1.41. The van der Waals surface area contributed by atoms with Crippen LogP contribution in [-0.4, -0.2) is 34.9 Å². The van der Waals surface area contributed by atoms with Gasteiger partial charge in [-0.3, -0.25) is 4.79 Å². The summed E-state index contributed by atoms with van der Waals surface area (Å²) in [5.74, 6) is 1.65. The molecule has 1 aliphatic rings. The molecule has 1 atom stereocenters. The van der Waals surface area contributed by atoms with Gasteiger partial charge in [-0.05, 0) is 54.4 Å². The maximum atomic E-state index is 13.7. The summed E-state index contributed by atoms with van der Waals surface area (Å²) in [7, 11) is 3.09. The van der Waals surface area contributed by atoms with Gasteiger partial charge in [-0.2, -0.15) is 10.1 Å². The van der Waals surface area contributed by atoms with Crippen molar-refractivity contribution in [1.29, 1.82) is 0 Å². The van der Waals surface area contributed by atoms with Crippen LogP contribution in [0.25, 0.3) is 0 Å². The van der Waals surface area contributed by atoms with Crippen LogP contribution in [0.15, 0.2) is 84.3 Å². The van der Waals surface area contributed by atoms with Crippen LogP contribution in [0.1, 0.15) is 24.1 Å². The first-order chi connectivity index (χ1) is 18.5. The summed E-state index contributed by atoms with van der Waals surface area (Å²) in [6.45, 7) is 2.13. The van der Waals surface area contributed by atoms with Gasteiger partial charge in [-0.15, -0.1) is 0 Å². The average molecular weight is 516 g/mol. The van der Waals surface area contributed by atoms with Crippen molar-refractivity contribution in [2.75, 3.05) is 24.9 Å². The lowest BCUT2D eigenvalue weighted by atomic mass is 9.95. The summed E-state index contributed by atoms with van der Waals surface area (Å²) >= 11 is 0. The lowest BCUT2D eigenvalue weighted by Crippen LogP contribution is -2.31. The SMILES string of the molecule is COc1ccc(NC(=O)C2=C(C)Nc3ncnn3C2c2ccc(OCc3ccc(F)cc3)cc2)c(OC)c1. The Kier molecular flexibility index (Phi) is 6.94. The molecule has 1 aliphatic heterocycles. The molecule has 10 heteroatoms. The first-order valence-corrected chi connectivity index (χ1v) is 11.8. The average Bonchev–Trinajstić information content (AvgIpc) is 3.40. The largest absolute Gasteiger partial charge is 0.497 e. The zero-order valence-corrected chi connectivity index (χ0v) is 21.1. The highest BCUT2D eigenvalue weighted by molar-refractivity contribution is 6.06. The molecule has 0 saturated carbocycles. The Morgan fingerprint density at radius 2 is 1.76 bits per heavy atom. The second-order valence-corrected chi connectivity index (χ2v) is 8.60. The Hall–Kier alpha value is -4.86. The molecule has 0 radical (unpaired) electrons. The lowest BCUT2D eigenvalue weighted by molar-refractivity contribution is -0.113. The number of rotatable bonds is 8. The molecule has 2 heterocycles. The zero-order valence-electron chi connectivity index (χ0n) is 21.1. The molecule has 2 N–H and O–H groups in total. The number of aromatic nitrogens is 3. The van der Waals surface area contributed by atoms with Crippen LogP contribution in [0.4, 0.5) is 16.0 Å². The maximum absolute atomic E-state index is 13.7. The molecule has 1 aromatic heterocycles. The third-order valence-electron chi connectivity index (χ3n) is 6.21. The number of hydrogen-bond acceptors (Lipinski definition) is 7. The predicted molar refractivity (Wildman–Crippen MR) is 140 cm³/mol. The first-order valence-electron chi connectivity index (χ1n) is 11.8. The molecule has 1 unspecified atom stereocenters. The van der Waals surface area contributed by atoms with Crippen LogP contribution in [0, 0.1) is 5.82 Å². The van der Waals surface area contributed by atoms with Gasteiger partial charge in [0.1, 0.15) is 42.0 Å². The summed E-state index contributed by atoms with van der Waals surface area (Å²) in [4.78, 5) is 17.9. The van der Waals surface area contributed by atoms with Gasteiger partial charge < -0.3 is 24.8 Å².